The monoisotopic (exact) mass is 382 g/mol. The smallest absolute Gasteiger partial charge is 0.233 e. The van der Waals surface area contributed by atoms with Crippen molar-refractivity contribution in [3.63, 3.8) is 0 Å². The summed E-state index contributed by atoms with van der Waals surface area (Å²) in [5.41, 5.74) is 3.31. The molecule has 2 fully saturated rings. The van der Waals surface area contributed by atoms with Crippen molar-refractivity contribution in [2.75, 3.05) is 31.1 Å². The Kier molecular flexibility index (Phi) is 5.14. The fourth-order valence-electron chi connectivity index (χ4n) is 4.74. The van der Waals surface area contributed by atoms with E-state index in [1.165, 1.54) is 16.8 Å². The minimum atomic E-state index is -0.310. The van der Waals surface area contributed by atoms with Crippen molar-refractivity contribution in [3.8, 4) is 0 Å². The molecule has 0 unspecified atom stereocenters. The van der Waals surface area contributed by atoms with Crippen LogP contribution in [0.2, 0.25) is 5.02 Å². The molecule has 0 spiro atoms. The maximum absolute atomic E-state index is 13.6. The Morgan fingerprint density at radius 3 is 2.30 bits per heavy atom. The minimum Gasteiger partial charge on any atom is -0.368 e. The van der Waals surface area contributed by atoms with E-state index in [2.05, 4.69) is 47.1 Å². The zero-order chi connectivity index (χ0) is 18.9. The summed E-state index contributed by atoms with van der Waals surface area (Å²) in [7, 11) is 0. The number of nitrogens with zero attached hydrogens (tertiary/aromatic N) is 2. The van der Waals surface area contributed by atoms with Gasteiger partial charge in [0.1, 0.15) is 0 Å². The van der Waals surface area contributed by atoms with Gasteiger partial charge in [0.2, 0.25) is 5.91 Å². The first kappa shape index (κ1) is 18.4. The molecule has 2 aromatic carbocycles. The van der Waals surface area contributed by atoms with Gasteiger partial charge < -0.3 is 9.80 Å². The number of amides is 1. The van der Waals surface area contributed by atoms with Crippen molar-refractivity contribution >= 4 is 23.2 Å². The lowest BCUT2D eigenvalue weighted by Crippen LogP contribution is -2.54. The normalized spacial score (nSPS) is 19.3. The van der Waals surface area contributed by atoms with E-state index >= 15 is 0 Å². The van der Waals surface area contributed by atoms with Gasteiger partial charge >= 0.3 is 0 Å². The first-order valence-corrected chi connectivity index (χ1v) is 10.3. The quantitative estimate of drug-likeness (QED) is 0.760. The molecule has 0 aromatic heterocycles. The lowest BCUT2D eigenvalue weighted by molar-refractivity contribution is -0.137. The third kappa shape index (κ3) is 3.45. The maximum Gasteiger partial charge on any atom is 0.233 e. The van der Waals surface area contributed by atoms with E-state index in [9.17, 15) is 4.79 Å². The Morgan fingerprint density at radius 2 is 1.63 bits per heavy atom. The molecular weight excluding hydrogens is 356 g/mol. The van der Waals surface area contributed by atoms with Crippen molar-refractivity contribution in [1.82, 2.24) is 4.90 Å². The molecule has 27 heavy (non-hydrogen) atoms. The molecule has 0 radical (unpaired) electrons. The molecule has 1 saturated heterocycles. The van der Waals surface area contributed by atoms with E-state index in [-0.39, 0.29) is 5.41 Å². The molecule has 1 amide bonds. The number of benzene rings is 2. The van der Waals surface area contributed by atoms with Crippen molar-refractivity contribution in [2.45, 2.75) is 38.0 Å². The number of hydrogen-bond acceptors (Lipinski definition) is 2. The van der Waals surface area contributed by atoms with E-state index in [1.54, 1.807) is 0 Å². The van der Waals surface area contributed by atoms with Crippen LogP contribution >= 0.6 is 11.6 Å². The average molecular weight is 383 g/mol. The van der Waals surface area contributed by atoms with Crippen LogP contribution in [-0.2, 0) is 10.2 Å². The predicted octanol–water partition coefficient (Wildman–Crippen LogP) is 4.81. The molecule has 1 aliphatic carbocycles. The number of hydrogen-bond donors (Lipinski definition) is 0. The SMILES string of the molecule is Cc1ccc(Cl)cc1N1CCN(C(=O)C2(c3ccccc3)CCCC2)CC1. The topological polar surface area (TPSA) is 23.6 Å². The van der Waals surface area contributed by atoms with Gasteiger partial charge in [0.15, 0.2) is 0 Å². The second-order valence-electron chi connectivity index (χ2n) is 7.87. The molecule has 4 rings (SSSR count). The lowest BCUT2D eigenvalue weighted by Gasteiger charge is -2.41. The third-order valence-corrected chi connectivity index (χ3v) is 6.51. The van der Waals surface area contributed by atoms with Gasteiger partial charge in [0.05, 0.1) is 5.41 Å². The summed E-state index contributed by atoms with van der Waals surface area (Å²) in [4.78, 5) is 18.0. The van der Waals surface area contributed by atoms with E-state index < -0.39 is 0 Å². The number of rotatable bonds is 3. The van der Waals surface area contributed by atoms with Gasteiger partial charge in [-0.2, -0.15) is 0 Å². The van der Waals surface area contributed by atoms with Gasteiger partial charge in [-0.25, -0.2) is 0 Å². The number of anilines is 1. The average Bonchev–Trinajstić information content (AvgIpc) is 3.21. The van der Waals surface area contributed by atoms with Gasteiger partial charge in [-0.15, -0.1) is 0 Å². The zero-order valence-corrected chi connectivity index (χ0v) is 16.7. The summed E-state index contributed by atoms with van der Waals surface area (Å²) >= 11 is 6.20. The highest BCUT2D eigenvalue weighted by Crippen LogP contribution is 2.42. The van der Waals surface area contributed by atoms with Crippen LogP contribution in [0.5, 0.6) is 0 Å². The molecule has 142 valence electrons. The molecular formula is C23H27ClN2O. The molecule has 0 bridgehead atoms. The molecule has 0 N–H and O–H groups in total. The maximum atomic E-state index is 13.6. The Balaban J connectivity index is 1.50. The van der Waals surface area contributed by atoms with Crippen LogP contribution < -0.4 is 4.90 Å². The van der Waals surface area contributed by atoms with Crippen LogP contribution in [0, 0.1) is 6.92 Å². The number of piperazine rings is 1. The van der Waals surface area contributed by atoms with Crippen LogP contribution in [0.15, 0.2) is 48.5 Å². The van der Waals surface area contributed by atoms with E-state index in [0.29, 0.717) is 5.91 Å². The summed E-state index contributed by atoms with van der Waals surface area (Å²) in [5, 5.41) is 0.767. The van der Waals surface area contributed by atoms with Gasteiger partial charge in [-0.1, -0.05) is 60.8 Å². The summed E-state index contributed by atoms with van der Waals surface area (Å²) in [6, 6.07) is 16.5. The van der Waals surface area contributed by atoms with Crippen LogP contribution in [0.3, 0.4) is 0 Å². The predicted molar refractivity (Wildman–Crippen MR) is 112 cm³/mol. The van der Waals surface area contributed by atoms with Crippen LogP contribution in [-0.4, -0.2) is 37.0 Å². The van der Waals surface area contributed by atoms with Crippen LogP contribution in [0.1, 0.15) is 36.8 Å². The Hall–Kier alpha value is -2.00. The van der Waals surface area contributed by atoms with Crippen molar-refractivity contribution in [1.29, 1.82) is 0 Å². The molecule has 1 heterocycles. The Morgan fingerprint density at radius 1 is 0.963 bits per heavy atom. The van der Waals surface area contributed by atoms with Gasteiger partial charge in [-0.05, 0) is 43.0 Å². The molecule has 1 saturated carbocycles. The van der Waals surface area contributed by atoms with E-state index in [0.717, 1.165) is 56.9 Å². The number of halogens is 1. The molecule has 2 aliphatic rings. The van der Waals surface area contributed by atoms with Gasteiger partial charge in [0, 0.05) is 36.9 Å². The fraction of sp³-hybridized carbons (Fsp3) is 0.435. The standard InChI is InChI=1S/C23H27ClN2O/c1-18-9-10-20(24)17-21(18)25-13-15-26(16-14-25)22(27)23(11-5-6-12-23)19-7-3-2-4-8-19/h2-4,7-10,17H,5-6,11-16H2,1H3. The highest BCUT2D eigenvalue weighted by molar-refractivity contribution is 6.30. The summed E-state index contributed by atoms with van der Waals surface area (Å²) in [6.45, 7) is 5.39. The minimum absolute atomic E-state index is 0.310. The first-order chi connectivity index (χ1) is 13.1. The summed E-state index contributed by atoms with van der Waals surface area (Å²) in [5.74, 6) is 0.327. The van der Waals surface area contributed by atoms with Gasteiger partial charge in [-0.3, -0.25) is 4.79 Å². The number of aryl methyl sites for hydroxylation is 1. The van der Waals surface area contributed by atoms with Crippen molar-refractivity contribution in [3.05, 3.63) is 64.7 Å². The largest absolute Gasteiger partial charge is 0.368 e. The third-order valence-electron chi connectivity index (χ3n) is 6.27. The number of carbonyl (C=O) groups excluding carboxylic acids is 1. The van der Waals surface area contributed by atoms with Crippen LogP contribution in [0.4, 0.5) is 5.69 Å². The highest BCUT2D eigenvalue weighted by Gasteiger charge is 2.45. The molecule has 1 aliphatic heterocycles. The molecule has 3 nitrogen and oxygen atoms in total. The summed E-state index contributed by atoms with van der Waals surface area (Å²) in [6.07, 6.45) is 4.23. The second-order valence-corrected chi connectivity index (χ2v) is 8.30. The number of carbonyl (C=O) groups is 1. The zero-order valence-electron chi connectivity index (χ0n) is 16.0. The van der Waals surface area contributed by atoms with Crippen LogP contribution in [0.25, 0.3) is 0 Å². The molecule has 0 atom stereocenters. The molecule has 2 aromatic rings. The van der Waals surface area contributed by atoms with E-state index in [4.69, 9.17) is 11.6 Å². The Labute approximate surface area is 166 Å². The fourth-order valence-corrected chi connectivity index (χ4v) is 4.90. The molecule has 4 heteroatoms. The van der Waals surface area contributed by atoms with Crippen molar-refractivity contribution < 1.29 is 4.79 Å². The second kappa shape index (κ2) is 7.55. The lowest BCUT2D eigenvalue weighted by atomic mass is 9.77. The summed E-state index contributed by atoms with van der Waals surface area (Å²) < 4.78 is 0. The van der Waals surface area contributed by atoms with Crippen molar-refractivity contribution in [2.24, 2.45) is 0 Å². The highest BCUT2D eigenvalue weighted by atomic mass is 35.5. The van der Waals surface area contributed by atoms with Gasteiger partial charge in [0.25, 0.3) is 0 Å². The first-order valence-electron chi connectivity index (χ1n) is 9.96. The Bertz CT molecular complexity index is 806. The van der Waals surface area contributed by atoms with E-state index in [1.807, 2.05) is 18.2 Å².